The molecule has 7 heteroatoms. The van der Waals surface area contributed by atoms with Crippen molar-refractivity contribution in [2.24, 2.45) is 0 Å². The summed E-state index contributed by atoms with van der Waals surface area (Å²) in [5.41, 5.74) is -1.30. The molecule has 0 radical (unpaired) electrons. The van der Waals surface area contributed by atoms with Crippen molar-refractivity contribution in [3.63, 3.8) is 0 Å². The molecule has 0 saturated carbocycles. The number of hydrogen-bond acceptors (Lipinski definition) is 3. The summed E-state index contributed by atoms with van der Waals surface area (Å²) < 4.78 is 43.4. The van der Waals surface area contributed by atoms with Gasteiger partial charge in [0.1, 0.15) is 5.75 Å². The van der Waals surface area contributed by atoms with Gasteiger partial charge in [-0.25, -0.2) is 0 Å². The molecule has 0 heterocycles. The molecule has 1 unspecified atom stereocenters. The lowest BCUT2D eigenvalue weighted by Gasteiger charge is -2.15. The van der Waals surface area contributed by atoms with Crippen LogP contribution in [-0.4, -0.2) is 24.2 Å². The van der Waals surface area contributed by atoms with Crippen LogP contribution in [0.3, 0.4) is 0 Å². The molecule has 1 amide bonds. The van der Waals surface area contributed by atoms with E-state index in [-0.39, 0.29) is 24.3 Å². The number of carbonyl (C=O) groups is 1. The van der Waals surface area contributed by atoms with Gasteiger partial charge in [-0.05, 0) is 31.5 Å². The summed E-state index contributed by atoms with van der Waals surface area (Å²) >= 11 is 0. The van der Waals surface area contributed by atoms with E-state index < -0.39 is 23.8 Å². The fourth-order valence-corrected chi connectivity index (χ4v) is 1.55. The second kappa shape index (κ2) is 6.60. The summed E-state index contributed by atoms with van der Waals surface area (Å²) in [7, 11) is 1.26. The first-order valence-electron chi connectivity index (χ1n) is 5.97. The van der Waals surface area contributed by atoms with Gasteiger partial charge in [-0.3, -0.25) is 4.79 Å². The van der Waals surface area contributed by atoms with E-state index in [1.165, 1.54) is 20.1 Å². The molecule has 112 valence electrons. The SMILES string of the molecule is COc1ccc(NC(=O)CCC(C)O)c(C(F)(F)F)c1. The molecule has 0 saturated heterocycles. The highest BCUT2D eigenvalue weighted by atomic mass is 19.4. The first-order valence-corrected chi connectivity index (χ1v) is 5.97. The minimum absolute atomic E-state index is 0.0546. The van der Waals surface area contributed by atoms with Crippen LogP contribution in [0.25, 0.3) is 0 Å². The number of halogens is 3. The number of benzene rings is 1. The molecule has 1 aromatic carbocycles. The number of aliphatic hydroxyl groups is 1. The largest absolute Gasteiger partial charge is 0.497 e. The number of nitrogens with one attached hydrogen (secondary N) is 1. The molecule has 0 aliphatic carbocycles. The van der Waals surface area contributed by atoms with Gasteiger partial charge in [0.2, 0.25) is 5.91 Å². The second-order valence-corrected chi connectivity index (χ2v) is 4.35. The average Bonchev–Trinajstić information content (AvgIpc) is 2.35. The molecular weight excluding hydrogens is 275 g/mol. The van der Waals surface area contributed by atoms with Crippen molar-refractivity contribution in [2.45, 2.75) is 32.0 Å². The zero-order valence-electron chi connectivity index (χ0n) is 11.1. The topological polar surface area (TPSA) is 58.6 Å². The van der Waals surface area contributed by atoms with Gasteiger partial charge in [-0.2, -0.15) is 13.2 Å². The minimum Gasteiger partial charge on any atom is -0.497 e. The lowest BCUT2D eigenvalue weighted by molar-refractivity contribution is -0.137. The Morgan fingerprint density at radius 3 is 2.60 bits per heavy atom. The predicted octanol–water partition coefficient (Wildman–Crippen LogP) is 2.81. The van der Waals surface area contributed by atoms with Crippen molar-refractivity contribution in [1.82, 2.24) is 0 Å². The average molecular weight is 291 g/mol. The number of methoxy groups -OCH3 is 1. The van der Waals surface area contributed by atoms with Crippen LogP contribution >= 0.6 is 0 Å². The van der Waals surface area contributed by atoms with Crippen molar-refractivity contribution in [3.05, 3.63) is 23.8 Å². The third kappa shape index (κ3) is 4.73. The van der Waals surface area contributed by atoms with Crippen molar-refractivity contribution in [1.29, 1.82) is 0 Å². The summed E-state index contributed by atoms with van der Waals surface area (Å²) in [6.45, 7) is 1.50. The zero-order valence-corrected chi connectivity index (χ0v) is 11.1. The Morgan fingerprint density at radius 1 is 1.45 bits per heavy atom. The monoisotopic (exact) mass is 291 g/mol. The maximum absolute atomic E-state index is 12.9. The van der Waals surface area contributed by atoms with Gasteiger partial charge in [0, 0.05) is 6.42 Å². The normalized spacial score (nSPS) is 12.9. The van der Waals surface area contributed by atoms with E-state index in [0.717, 1.165) is 12.1 Å². The van der Waals surface area contributed by atoms with Gasteiger partial charge >= 0.3 is 6.18 Å². The van der Waals surface area contributed by atoms with Crippen LogP contribution in [-0.2, 0) is 11.0 Å². The number of aliphatic hydroxyl groups excluding tert-OH is 1. The second-order valence-electron chi connectivity index (χ2n) is 4.35. The third-order valence-electron chi connectivity index (χ3n) is 2.60. The van der Waals surface area contributed by atoms with E-state index in [1.807, 2.05) is 0 Å². The first-order chi connectivity index (χ1) is 9.24. The summed E-state index contributed by atoms with van der Waals surface area (Å²) in [5.74, 6) is -0.527. The highest BCUT2D eigenvalue weighted by molar-refractivity contribution is 5.91. The Labute approximate surface area is 114 Å². The Bertz CT molecular complexity index is 472. The maximum Gasteiger partial charge on any atom is 0.418 e. The van der Waals surface area contributed by atoms with Crippen LogP contribution in [0.15, 0.2) is 18.2 Å². The van der Waals surface area contributed by atoms with E-state index in [0.29, 0.717) is 0 Å². The quantitative estimate of drug-likeness (QED) is 0.877. The molecule has 0 aliphatic rings. The van der Waals surface area contributed by atoms with Crippen LogP contribution in [0.5, 0.6) is 5.75 Å². The van der Waals surface area contributed by atoms with Crippen LogP contribution in [0.2, 0.25) is 0 Å². The number of anilines is 1. The fourth-order valence-electron chi connectivity index (χ4n) is 1.55. The lowest BCUT2D eigenvalue weighted by atomic mass is 10.1. The molecule has 0 aromatic heterocycles. The van der Waals surface area contributed by atoms with Crippen LogP contribution in [0.4, 0.5) is 18.9 Å². The molecule has 0 spiro atoms. The summed E-state index contributed by atoms with van der Waals surface area (Å²) in [6, 6.07) is 3.30. The van der Waals surface area contributed by atoms with E-state index in [4.69, 9.17) is 9.84 Å². The molecule has 0 aliphatic heterocycles. The van der Waals surface area contributed by atoms with Gasteiger partial charge in [-0.1, -0.05) is 0 Å². The third-order valence-corrected chi connectivity index (χ3v) is 2.60. The predicted molar refractivity (Wildman–Crippen MR) is 67.5 cm³/mol. The van der Waals surface area contributed by atoms with E-state index >= 15 is 0 Å². The number of carbonyl (C=O) groups excluding carboxylic acids is 1. The highest BCUT2D eigenvalue weighted by Crippen LogP contribution is 2.37. The maximum atomic E-state index is 12.9. The van der Waals surface area contributed by atoms with E-state index in [2.05, 4.69) is 5.32 Å². The van der Waals surface area contributed by atoms with Gasteiger partial charge in [0.25, 0.3) is 0 Å². The standard InChI is InChI=1S/C13H16F3NO3/c1-8(18)3-6-12(19)17-11-5-4-9(20-2)7-10(11)13(14,15)16/h4-5,7-8,18H,3,6H2,1-2H3,(H,17,19). The van der Waals surface area contributed by atoms with Crippen LogP contribution in [0.1, 0.15) is 25.3 Å². The Morgan fingerprint density at radius 2 is 2.10 bits per heavy atom. The molecule has 1 aromatic rings. The summed E-state index contributed by atoms with van der Waals surface area (Å²) in [6.07, 6.45) is -5.15. The fraction of sp³-hybridized carbons (Fsp3) is 0.462. The Balaban J connectivity index is 2.91. The van der Waals surface area contributed by atoms with Crippen molar-refractivity contribution in [3.8, 4) is 5.75 Å². The summed E-state index contributed by atoms with van der Waals surface area (Å²) in [4.78, 5) is 11.5. The summed E-state index contributed by atoms with van der Waals surface area (Å²) in [5, 5.41) is 11.2. The molecule has 1 atom stereocenters. The zero-order chi connectivity index (χ0) is 15.3. The van der Waals surface area contributed by atoms with Crippen LogP contribution in [0, 0.1) is 0 Å². The van der Waals surface area contributed by atoms with Gasteiger partial charge in [-0.15, -0.1) is 0 Å². The van der Waals surface area contributed by atoms with Gasteiger partial charge in [0.15, 0.2) is 0 Å². The molecule has 4 nitrogen and oxygen atoms in total. The van der Waals surface area contributed by atoms with Crippen LogP contribution < -0.4 is 10.1 Å². The smallest absolute Gasteiger partial charge is 0.418 e. The number of rotatable bonds is 5. The van der Waals surface area contributed by atoms with Crippen molar-refractivity contribution in [2.75, 3.05) is 12.4 Å². The molecule has 1 rings (SSSR count). The molecule has 0 fully saturated rings. The first kappa shape index (κ1) is 16.3. The van der Waals surface area contributed by atoms with Gasteiger partial charge in [0.05, 0.1) is 24.5 Å². The van der Waals surface area contributed by atoms with Crippen molar-refractivity contribution >= 4 is 11.6 Å². The lowest BCUT2D eigenvalue weighted by Crippen LogP contribution is -2.17. The molecule has 20 heavy (non-hydrogen) atoms. The minimum atomic E-state index is -4.60. The Hall–Kier alpha value is -1.76. The molecular formula is C13H16F3NO3. The van der Waals surface area contributed by atoms with E-state index in [9.17, 15) is 18.0 Å². The van der Waals surface area contributed by atoms with Gasteiger partial charge < -0.3 is 15.2 Å². The molecule has 2 N–H and O–H groups in total. The highest BCUT2D eigenvalue weighted by Gasteiger charge is 2.34. The number of amides is 1. The van der Waals surface area contributed by atoms with Crippen molar-refractivity contribution < 1.29 is 27.8 Å². The number of alkyl halides is 3. The van der Waals surface area contributed by atoms with E-state index in [1.54, 1.807) is 0 Å². The molecule has 0 bridgehead atoms. The number of hydrogen-bond donors (Lipinski definition) is 2. The Kier molecular flexibility index (Phi) is 5.38. The number of ether oxygens (including phenoxy) is 1.